The molecule has 0 aromatic carbocycles. The second-order valence-corrected chi connectivity index (χ2v) is 6.10. The summed E-state index contributed by atoms with van der Waals surface area (Å²) in [5.41, 5.74) is 4.54. The summed E-state index contributed by atoms with van der Waals surface area (Å²) in [5.74, 6) is 2.17. The van der Waals surface area contributed by atoms with Gasteiger partial charge >= 0.3 is 0 Å². The van der Waals surface area contributed by atoms with Gasteiger partial charge in [-0.1, -0.05) is 26.5 Å². The van der Waals surface area contributed by atoms with E-state index in [1.807, 2.05) is 6.26 Å². The van der Waals surface area contributed by atoms with Gasteiger partial charge in [-0.25, -0.2) is 0 Å². The van der Waals surface area contributed by atoms with Crippen molar-refractivity contribution in [2.45, 2.75) is 27.2 Å². The summed E-state index contributed by atoms with van der Waals surface area (Å²) in [6.45, 7) is 11.9. The predicted octanol–water partition coefficient (Wildman–Crippen LogP) is 3.70. The first-order valence-electron chi connectivity index (χ1n) is 6.20. The molecule has 0 saturated heterocycles. The Balaban J connectivity index is 2.06. The first-order chi connectivity index (χ1) is 7.53. The Labute approximate surface area is 97.9 Å². The third-order valence-corrected chi connectivity index (χ3v) is 4.89. The van der Waals surface area contributed by atoms with Crippen molar-refractivity contribution in [1.29, 1.82) is 0 Å². The molecule has 1 nitrogen and oxygen atoms in total. The molecular weight excluding hydrogens is 196 g/mol. The first kappa shape index (κ1) is 10.2. The zero-order valence-corrected chi connectivity index (χ0v) is 10.4. The minimum Gasteiger partial charge on any atom is -0.497 e. The zero-order valence-electron chi connectivity index (χ0n) is 10.4. The second-order valence-electron chi connectivity index (χ2n) is 6.10. The van der Waals surface area contributed by atoms with Crippen LogP contribution < -0.4 is 0 Å². The van der Waals surface area contributed by atoms with Gasteiger partial charge in [-0.05, 0) is 47.3 Å². The molecule has 0 bridgehead atoms. The summed E-state index contributed by atoms with van der Waals surface area (Å²) in [6.07, 6.45) is 5.59. The van der Waals surface area contributed by atoms with Crippen molar-refractivity contribution in [1.82, 2.24) is 0 Å². The van der Waals surface area contributed by atoms with E-state index in [0.717, 1.165) is 11.8 Å². The Morgan fingerprint density at radius 1 is 1.44 bits per heavy atom. The van der Waals surface area contributed by atoms with Gasteiger partial charge in [0.15, 0.2) is 0 Å². The Bertz CT molecular complexity index is 411. The SMILES string of the molecule is C=C1COC=C2C(C)=CC[C@@H]3[C@H](C12)C3(C)C. The Hall–Kier alpha value is -0.980. The number of hydrogen-bond acceptors (Lipinski definition) is 1. The first-order valence-corrected chi connectivity index (χ1v) is 6.20. The molecule has 1 aliphatic heterocycles. The van der Waals surface area contributed by atoms with Crippen molar-refractivity contribution < 1.29 is 4.74 Å². The molecule has 3 aliphatic rings. The molecular formula is C15H20O. The lowest BCUT2D eigenvalue weighted by atomic mass is 9.81. The van der Waals surface area contributed by atoms with Gasteiger partial charge in [0.05, 0.1) is 6.26 Å². The molecule has 3 atom stereocenters. The maximum atomic E-state index is 5.51. The van der Waals surface area contributed by atoms with E-state index in [2.05, 4.69) is 33.4 Å². The van der Waals surface area contributed by atoms with Crippen LogP contribution in [-0.4, -0.2) is 6.61 Å². The van der Waals surface area contributed by atoms with E-state index in [1.165, 1.54) is 23.1 Å². The van der Waals surface area contributed by atoms with Crippen molar-refractivity contribution in [3.05, 3.63) is 35.6 Å². The van der Waals surface area contributed by atoms with Gasteiger partial charge < -0.3 is 4.74 Å². The van der Waals surface area contributed by atoms with E-state index >= 15 is 0 Å². The van der Waals surface area contributed by atoms with Gasteiger partial charge in [-0.15, -0.1) is 0 Å². The molecule has 0 N–H and O–H groups in total. The van der Waals surface area contributed by atoms with E-state index < -0.39 is 0 Å². The van der Waals surface area contributed by atoms with Crippen LogP contribution in [0.15, 0.2) is 35.6 Å². The summed E-state index contributed by atoms with van der Waals surface area (Å²) >= 11 is 0. The Morgan fingerprint density at radius 3 is 2.94 bits per heavy atom. The molecule has 1 heteroatoms. The highest BCUT2D eigenvalue weighted by Gasteiger charge is 2.62. The fourth-order valence-corrected chi connectivity index (χ4v) is 3.73. The van der Waals surface area contributed by atoms with E-state index in [4.69, 9.17) is 4.74 Å². The fourth-order valence-electron chi connectivity index (χ4n) is 3.73. The third-order valence-electron chi connectivity index (χ3n) is 4.89. The molecule has 86 valence electrons. The van der Waals surface area contributed by atoms with Crippen LogP contribution in [0, 0.1) is 23.2 Å². The second kappa shape index (κ2) is 3.03. The van der Waals surface area contributed by atoms with Crippen LogP contribution in [0.1, 0.15) is 27.2 Å². The summed E-state index contributed by atoms with van der Waals surface area (Å²) in [5, 5.41) is 0. The largest absolute Gasteiger partial charge is 0.497 e. The van der Waals surface area contributed by atoms with Crippen molar-refractivity contribution in [3.8, 4) is 0 Å². The smallest absolute Gasteiger partial charge is 0.109 e. The normalized spacial score (nSPS) is 39.7. The average Bonchev–Trinajstić information content (AvgIpc) is 2.81. The van der Waals surface area contributed by atoms with Gasteiger partial charge in [0.2, 0.25) is 0 Å². The number of fused-ring (bicyclic) bond motifs is 3. The maximum Gasteiger partial charge on any atom is 0.109 e. The van der Waals surface area contributed by atoms with Crippen LogP contribution >= 0.6 is 0 Å². The van der Waals surface area contributed by atoms with Gasteiger partial charge in [0.1, 0.15) is 6.61 Å². The molecule has 0 aromatic heterocycles. The summed E-state index contributed by atoms with van der Waals surface area (Å²) < 4.78 is 5.51. The molecule has 1 heterocycles. The van der Waals surface area contributed by atoms with E-state index in [-0.39, 0.29) is 0 Å². The van der Waals surface area contributed by atoms with Crippen molar-refractivity contribution in [2.24, 2.45) is 23.2 Å². The molecule has 0 aromatic rings. The van der Waals surface area contributed by atoms with E-state index in [1.54, 1.807) is 0 Å². The summed E-state index contributed by atoms with van der Waals surface area (Å²) in [7, 11) is 0. The van der Waals surface area contributed by atoms with Gasteiger partial charge in [0, 0.05) is 5.92 Å². The molecule has 3 rings (SSSR count). The quantitative estimate of drug-likeness (QED) is 0.561. The molecule has 0 spiro atoms. The lowest BCUT2D eigenvalue weighted by Gasteiger charge is -2.28. The van der Waals surface area contributed by atoms with Crippen LogP contribution in [0.3, 0.4) is 0 Å². The number of rotatable bonds is 0. The van der Waals surface area contributed by atoms with Crippen LogP contribution in [-0.2, 0) is 4.74 Å². The standard InChI is InChI=1S/C15H20O/c1-9-5-6-12-14(15(12,3)4)13-10(2)7-16-8-11(9)13/h5,8,12-14H,2,6-7H2,1,3-4H3/t12-,13?,14-/m1/s1. The molecule has 0 radical (unpaired) electrons. The predicted molar refractivity (Wildman–Crippen MR) is 65.8 cm³/mol. The van der Waals surface area contributed by atoms with Gasteiger partial charge in [0.25, 0.3) is 0 Å². The van der Waals surface area contributed by atoms with Crippen LogP contribution in [0.25, 0.3) is 0 Å². The van der Waals surface area contributed by atoms with Gasteiger partial charge in [-0.3, -0.25) is 0 Å². The topological polar surface area (TPSA) is 9.23 Å². The Kier molecular flexibility index (Phi) is 1.93. The number of hydrogen-bond donors (Lipinski definition) is 0. The maximum absolute atomic E-state index is 5.51. The molecule has 1 unspecified atom stereocenters. The van der Waals surface area contributed by atoms with Crippen LogP contribution in [0.4, 0.5) is 0 Å². The van der Waals surface area contributed by atoms with Crippen LogP contribution in [0.2, 0.25) is 0 Å². The molecule has 16 heavy (non-hydrogen) atoms. The molecule has 0 amide bonds. The minimum atomic E-state index is 0.487. The van der Waals surface area contributed by atoms with E-state index in [9.17, 15) is 0 Å². The summed E-state index contributed by atoms with van der Waals surface area (Å²) in [6, 6.07) is 0. The minimum absolute atomic E-state index is 0.487. The zero-order chi connectivity index (χ0) is 11.5. The lowest BCUT2D eigenvalue weighted by Crippen LogP contribution is -2.20. The molecule has 1 saturated carbocycles. The fraction of sp³-hybridized carbons (Fsp3) is 0.600. The van der Waals surface area contributed by atoms with Crippen molar-refractivity contribution in [3.63, 3.8) is 0 Å². The monoisotopic (exact) mass is 216 g/mol. The third kappa shape index (κ3) is 1.17. The van der Waals surface area contributed by atoms with Gasteiger partial charge in [-0.2, -0.15) is 0 Å². The highest BCUT2D eigenvalue weighted by atomic mass is 16.5. The average molecular weight is 216 g/mol. The highest BCUT2D eigenvalue weighted by Crippen LogP contribution is 2.67. The molecule has 2 aliphatic carbocycles. The number of ether oxygens (including phenoxy) is 1. The van der Waals surface area contributed by atoms with Crippen LogP contribution in [0.5, 0.6) is 0 Å². The lowest BCUT2D eigenvalue weighted by molar-refractivity contribution is 0.239. The number of allylic oxidation sites excluding steroid dienone is 3. The van der Waals surface area contributed by atoms with Crippen molar-refractivity contribution in [2.75, 3.05) is 6.61 Å². The highest BCUT2D eigenvalue weighted by molar-refractivity contribution is 5.42. The molecule has 1 fully saturated rings. The summed E-state index contributed by atoms with van der Waals surface area (Å²) in [4.78, 5) is 0. The van der Waals surface area contributed by atoms with E-state index in [0.29, 0.717) is 17.9 Å². The Morgan fingerprint density at radius 2 is 2.19 bits per heavy atom. The van der Waals surface area contributed by atoms with Crippen molar-refractivity contribution >= 4 is 0 Å².